The highest BCUT2D eigenvalue weighted by Gasteiger charge is 2.12. The lowest BCUT2D eigenvalue weighted by Crippen LogP contribution is -2.28. The molecule has 0 aliphatic rings. The Labute approximate surface area is 115 Å². The number of pyridine rings is 1. The Bertz CT molecular complexity index is 399. The molecule has 0 aliphatic heterocycles. The first-order valence-corrected chi connectivity index (χ1v) is 6.65. The van der Waals surface area contributed by atoms with Crippen LogP contribution in [-0.4, -0.2) is 37.7 Å². The van der Waals surface area contributed by atoms with Crippen molar-refractivity contribution in [3.05, 3.63) is 22.3 Å². The minimum absolute atomic E-state index is 0.153. The smallest absolute Gasteiger partial charge is 0.255 e. The van der Waals surface area contributed by atoms with Crippen molar-refractivity contribution >= 4 is 27.7 Å². The largest absolute Gasteiger partial charge is 0.383 e. The quantitative estimate of drug-likeness (QED) is 0.756. The molecule has 1 amide bonds. The molecule has 1 aromatic heterocycles. The van der Waals surface area contributed by atoms with Crippen LogP contribution in [0.3, 0.4) is 0 Å². The number of nitrogens with one attached hydrogen (secondary N) is 2. The number of amides is 1. The summed E-state index contributed by atoms with van der Waals surface area (Å²) in [5.41, 5.74) is 0.536. The molecule has 5 nitrogen and oxygen atoms in total. The number of rotatable bonds is 7. The first-order valence-electron chi connectivity index (χ1n) is 5.85. The van der Waals surface area contributed by atoms with Crippen LogP contribution in [0.2, 0.25) is 0 Å². The summed E-state index contributed by atoms with van der Waals surface area (Å²) in [5, 5.41) is 5.92. The molecule has 100 valence electrons. The zero-order valence-corrected chi connectivity index (χ0v) is 12.2. The van der Waals surface area contributed by atoms with E-state index in [1.807, 2.05) is 0 Å². The Morgan fingerprint density at radius 2 is 2.28 bits per heavy atom. The fourth-order valence-electron chi connectivity index (χ4n) is 1.36. The van der Waals surface area contributed by atoms with Gasteiger partial charge in [-0.3, -0.25) is 4.79 Å². The number of hydrogen-bond acceptors (Lipinski definition) is 4. The molecule has 0 saturated heterocycles. The van der Waals surface area contributed by atoms with Crippen molar-refractivity contribution < 1.29 is 9.53 Å². The molecule has 1 aromatic rings. The van der Waals surface area contributed by atoms with E-state index in [2.05, 4.69) is 38.5 Å². The summed E-state index contributed by atoms with van der Waals surface area (Å²) >= 11 is 3.32. The number of methoxy groups -OCH3 is 1. The topological polar surface area (TPSA) is 63.2 Å². The van der Waals surface area contributed by atoms with Crippen molar-refractivity contribution in [2.75, 3.05) is 32.1 Å². The average Bonchev–Trinajstić information content (AvgIpc) is 2.37. The Balaban J connectivity index is 2.76. The second kappa shape index (κ2) is 8.05. The molecule has 0 spiro atoms. The first kappa shape index (κ1) is 14.9. The zero-order chi connectivity index (χ0) is 13.4. The third-order valence-corrected chi connectivity index (χ3v) is 2.67. The number of nitrogens with zero attached hydrogens (tertiary/aromatic N) is 1. The van der Waals surface area contributed by atoms with Gasteiger partial charge in [-0.15, -0.1) is 0 Å². The van der Waals surface area contributed by atoms with Crippen LogP contribution in [0.1, 0.15) is 23.7 Å². The number of carbonyl (C=O) groups is 1. The standard InChI is InChI=1S/C12H18BrN3O2/c1-3-4-14-11-10(7-9(13)8-16-11)12(17)15-5-6-18-2/h7-8H,3-6H2,1-2H3,(H,14,16)(H,15,17). The highest BCUT2D eigenvalue weighted by atomic mass is 79.9. The fourth-order valence-corrected chi connectivity index (χ4v) is 1.69. The third-order valence-electron chi connectivity index (χ3n) is 2.23. The molecule has 0 radical (unpaired) electrons. The minimum atomic E-state index is -0.153. The van der Waals surface area contributed by atoms with Crippen molar-refractivity contribution in [1.29, 1.82) is 0 Å². The van der Waals surface area contributed by atoms with E-state index in [4.69, 9.17) is 4.74 Å². The van der Waals surface area contributed by atoms with E-state index in [0.29, 0.717) is 24.5 Å². The summed E-state index contributed by atoms with van der Waals surface area (Å²) in [6.07, 6.45) is 2.65. The van der Waals surface area contributed by atoms with Gasteiger partial charge in [-0.2, -0.15) is 0 Å². The van der Waals surface area contributed by atoms with Gasteiger partial charge in [0.2, 0.25) is 0 Å². The maximum absolute atomic E-state index is 12.0. The van der Waals surface area contributed by atoms with Crippen LogP contribution in [0.15, 0.2) is 16.7 Å². The van der Waals surface area contributed by atoms with E-state index >= 15 is 0 Å². The molecule has 0 aliphatic carbocycles. The summed E-state index contributed by atoms with van der Waals surface area (Å²) in [6, 6.07) is 1.76. The van der Waals surface area contributed by atoms with Crippen LogP contribution in [0.5, 0.6) is 0 Å². The summed E-state index contributed by atoms with van der Waals surface area (Å²) in [5.74, 6) is 0.453. The summed E-state index contributed by atoms with van der Waals surface area (Å²) in [4.78, 5) is 16.2. The van der Waals surface area contributed by atoms with Crippen molar-refractivity contribution in [2.24, 2.45) is 0 Å². The molecule has 0 saturated carbocycles. The predicted molar refractivity (Wildman–Crippen MR) is 74.9 cm³/mol. The van der Waals surface area contributed by atoms with Crippen LogP contribution in [0.25, 0.3) is 0 Å². The predicted octanol–water partition coefficient (Wildman–Crippen LogP) is 2.04. The van der Waals surface area contributed by atoms with Crippen LogP contribution < -0.4 is 10.6 Å². The number of anilines is 1. The van der Waals surface area contributed by atoms with Crippen molar-refractivity contribution in [2.45, 2.75) is 13.3 Å². The molecule has 1 rings (SSSR count). The minimum Gasteiger partial charge on any atom is -0.383 e. The van der Waals surface area contributed by atoms with Gasteiger partial charge >= 0.3 is 0 Å². The Morgan fingerprint density at radius 1 is 1.50 bits per heavy atom. The number of ether oxygens (including phenoxy) is 1. The van der Waals surface area contributed by atoms with Gasteiger partial charge in [0.25, 0.3) is 5.91 Å². The summed E-state index contributed by atoms with van der Waals surface area (Å²) in [6.45, 7) is 3.82. The molecule has 1 heterocycles. The maximum atomic E-state index is 12.0. The number of aromatic nitrogens is 1. The zero-order valence-electron chi connectivity index (χ0n) is 10.6. The van der Waals surface area contributed by atoms with Crippen LogP contribution in [0, 0.1) is 0 Å². The van der Waals surface area contributed by atoms with Gasteiger partial charge in [0.15, 0.2) is 0 Å². The van der Waals surface area contributed by atoms with Gasteiger partial charge in [-0.25, -0.2) is 4.98 Å². The van der Waals surface area contributed by atoms with Crippen molar-refractivity contribution in [3.63, 3.8) is 0 Å². The fraction of sp³-hybridized carbons (Fsp3) is 0.500. The van der Waals surface area contributed by atoms with Crippen molar-refractivity contribution in [1.82, 2.24) is 10.3 Å². The Hall–Kier alpha value is -1.14. The molecule has 0 aromatic carbocycles. The molecular weight excluding hydrogens is 298 g/mol. The molecule has 0 atom stereocenters. The van der Waals surface area contributed by atoms with E-state index < -0.39 is 0 Å². The molecule has 6 heteroatoms. The summed E-state index contributed by atoms with van der Waals surface area (Å²) < 4.78 is 5.67. The molecule has 0 unspecified atom stereocenters. The van der Waals surface area contributed by atoms with E-state index in [0.717, 1.165) is 17.4 Å². The van der Waals surface area contributed by atoms with Crippen LogP contribution in [-0.2, 0) is 4.74 Å². The van der Waals surface area contributed by atoms with Crippen molar-refractivity contribution in [3.8, 4) is 0 Å². The van der Waals surface area contributed by atoms with Gasteiger partial charge in [0.05, 0.1) is 12.2 Å². The lowest BCUT2D eigenvalue weighted by molar-refractivity contribution is 0.0937. The second-order valence-corrected chi connectivity index (χ2v) is 4.64. The van der Waals surface area contributed by atoms with Gasteiger partial charge in [-0.1, -0.05) is 6.92 Å². The Morgan fingerprint density at radius 3 is 2.94 bits per heavy atom. The van der Waals surface area contributed by atoms with Gasteiger partial charge < -0.3 is 15.4 Å². The molecule has 0 fully saturated rings. The Kier molecular flexibility index (Phi) is 6.67. The maximum Gasteiger partial charge on any atom is 0.255 e. The number of halogens is 1. The molecular formula is C12H18BrN3O2. The first-order chi connectivity index (χ1) is 8.69. The normalized spacial score (nSPS) is 10.2. The highest BCUT2D eigenvalue weighted by Crippen LogP contribution is 2.17. The SMILES string of the molecule is CCCNc1ncc(Br)cc1C(=O)NCCOC. The summed E-state index contributed by atoms with van der Waals surface area (Å²) in [7, 11) is 1.60. The van der Waals surface area contributed by atoms with E-state index in [9.17, 15) is 4.79 Å². The molecule has 18 heavy (non-hydrogen) atoms. The monoisotopic (exact) mass is 315 g/mol. The van der Waals surface area contributed by atoms with E-state index in [1.54, 1.807) is 19.4 Å². The number of carbonyl (C=O) groups excluding carboxylic acids is 1. The van der Waals surface area contributed by atoms with E-state index in [1.165, 1.54) is 0 Å². The van der Waals surface area contributed by atoms with Crippen LogP contribution in [0.4, 0.5) is 5.82 Å². The molecule has 0 bridgehead atoms. The highest BCUT2D eigenvalue weighted by molar-refractivity contribution is 9.10. The van der Waals surface area contributed by atoms with Crippen LogP contribution >= 0.6 is 15.9 Å². The third kappa shape index (κ3) is 4.62. The lowest BCUT2D eigenvalue weighted by atomic mass is 10.2. The second-order valence-electron chi connectivity index (χ2n) is 3.73. The van der Waals surface area contributed by atoms with Gasteiger partial charge in [0, 0.05) is 30.9 Å². The lowest BCUT2D eigenvalue weighted by Gasteiger charge is -2.11. The van der Waals surface area contributed by atoms with E-state index in [-0.39, 0.29) is 5.91 Å². The molecule has 2 N–H and O–H groups in total. The van der Waals surface area contributed by atoms with Gasteiger partial charge in [0.1, 0.15) is 5.82 Å². The average molecular weight is 316 g/mol. The van der Waals surface area contributed by atoms with Gasteiger partial charge in [-0.05, 0) is 28.4 Å². The number of hydrogen-bond donors (Lipinski definition) is 2.